The van der Waals surface area contributed by atoms with Gasteiger partial charge in [-0.3, -0.25) is 9.59 Å². The number of amides is 1. The number of aliphatic hydroxyl groups is 3. The van der Waals surface area contributed by atoms with Crippen LogP contribution >= 0.6 is 0 Å². The molecular weight excluding hydrogens is 706 g/mol. The molecule has 3 aliphatic heterocycles. The van der Waals surface area contributed by atoms with Crippen LogP contribution in [0.5, 0.6) is 0 Å². The van der Waals surface area contributed by atoms with Crippen molar-refractivity contribution >= 4 is 17.7 Å². The van der Waals surface area contributed by atoms with Gasteiger partial charge < -0.3 is 43.9 Å². The predicted molar refractivity (Wildman–Crippen MR) is 207 cm³/mol. The average molecular weight is 776 g/mol. The third kappa shape index (κ3) is 11.4. The summed E-state index contributed by atoms with van der Waals surface area (Å²) >= 11 is 0. The number of cyclic esters (lactones) is 1. The maximum absolute atomic E-state index is 14.2. The molecule has 312 valence electrons. The first kappa shape index (κ1) is 45.3. The third-order valence-electron chi connectivity index (χ3n) is 12.6. The van der Waals surface area contributed by atoms with Crippen LogP contribution in [0.15, 0.2) is 35.6 Å². The lowest BCUT2D eigenvalue weighted by molar-refractivity contribution is -0.321. The third-order valence-corrected chi connectivity index (χ3v) is 12.6. The number of allylic oxidation sites excluding steroid dienone is 4. The topological polar surface area (TPSA) is 161 Å². The molecule has 14 atom stereocenters. The molecule has 0 aromatic heterocycles. The predicted octanol–water partition coefficient (Wildman–Crippen LogP) is 5.42. The summed E-state index contributed by atoms with van der Waals surface area (Å²) in [6, 6.07) is -0.981. The van der Waals surface area contributed by atoms with Gasteiger partial charge in [-0.2, -0.15) is 0 Å². The molecule has 4 aliphatic rings. The highest BCUT2D eigenvalue weighted by molar-refractivity contribution is 5.86. The standard InChI is InChI=1S/C43H69NO11/c1-10-31-18-25(2)17-26(3)19-37(52-8)41-38(53-9)21-28(5)43(50,55-41)24-39(48)44-16-12-11-13-32(44)42(49)54-40(29(6)34(46)23-35(31)47)27(4)20-30-14-15-33(45)36(22-30)51-7/h12,16,18,20,26,28-34,36-38,40-41,45-46,50H,10-11,13-15,17,19,21-24H2,1-9H3/b25-18+,27-20+/t26-,28+,29+,30-,31+,32-,33+,34-,36+,37-,38-,40+,41+,43-/m0/s1. The van der Waals surface area contributed by atoms with Crippen LogP contribution in [0, 0.1) is 29.6 Å². The van der Waals surface area contributed by atoms with Gasteiger partial charge in [0.2, 0.25) is 5.91 Å². The molecule has 1 amide bonds. The maximum Gasteiger partial charge on any atom is 0.329 e. The minimum absolute atomic E-state index is 0.0382. The van der Waals surface area contributed by atoms with Crippen LogP contribution in [-0.2, 0) is 38.1 Å². The molecule has 55 heavy (non-hydrogen) atoms. The minimum atomic E-state index is -1.85. The Morgan fingerprint density at radius 2 is 1.62 bits per heavy atom. The van der Waals surface area contributed by atoms with E-state index in [1.807, 2.05) is 45.9 Å². The smallest absolute Gasteiger partial charge is 0.329 e. The van der Waals surface area contributed by atoms with Gasteiger partial charge in [0, 0.05) is 51.7 Å². The number of carbonyl (C=O) groups excluding carboxylic acids is 3. The van der Waals surface area contributed by atoms with Crippen molar-refractivity contribution in [2.45, 2.75) is 167 Å². The maximum atomic E-state index is 14.2. The van der Waals surface area contributed by atoms with Crippen LogP contribution in [0.4, 0.5) is 0 Å². The Bertz CT molecular complexity index is 1400. The lowest BCUT2D eigenvalue weighted by Gasteiger charge is -2.48. The number of esters is 1. The minimum Gasteiger partial charge on any atom is -0.456 e. The summed E-state index contributed by atoms with van der Waals surface area (Å²) in [6.07, 6.45) is 7.48. The SMILES string of the molecule is CC[C@@H]1/C=C(\C)C[C@H](C)C[C@H](OC)[C@H]2O[C@@](O)(CC(=O)N3C=CCC[C@H]3C(=O)O[C@H](/C(C)=C/[C@@H]3CC[C@@H](O)[C@H](OC)C3)[C@H](C)[C@@H](O)CC1=O)[C@H](C)C[C@@H]2OC. The molecule has 3 heterocycles. The van der Waals surface area contributed by atoms with Crippen molar-refractivity contribution in [2.75, 3.05) is 21.3 Å². The van der Waals surface area contributed by atoms with Crippen LogP contribution in [0.3, 0.4) is 0 Å². The Labute approximate surface area is 328 Å². The molecule has 0 aromatic carbocycles. The summed E-state index contributed by atoms with van der Waals surface area (Å²) in [7, 11) is 4.79. The fourth-order valence-corrected chi connectivity index (χ4v) is 9.16. The zero-order chi connectivity index (χ0) is 40.6. The first-order chi connectivity index (χ1) is 26.0. The number of ketones is 1. The fraction of sp³-hybridized carbons (Fsp3) is 0.791. The van der Waals surface area contributed by atoms with E-state index in [-0.39, 0.29) is 36.2 Å². The molecule has 0 unspecified atom stereocenters. The normalized spacial score (nSPS) is 41.8. The summed E-state index contributed by atoms with van der Waals surface area (Å²) in [5.74, 6) is -4.45. The number of methoxy groups -OCH3 is 3. The summed E-state index contributed by atoms with van der Waals surface area (Å²) in [5.41, 5.74) is 1.76. The molecule has 3 N–H and O–H groups in total. The monoisotopic (exact) mass is 775 g/mol. The molecule has 2 bridgehead atoms. The molecule has 12 heteroatoms. The first-order valence-electron chi connectivity index (χ1n) is 20.5. The molecule has 0 aromatic rings. The van der Waals surface area contributed by atoms with Crippen molar-refractivity contribution in [1.29, 1.82) is 0 Å². The van der Waals surface area contributed by atoms with E-state index in [1.54, 1.807) is 34.5 Å². The molecular formula is C43H69NO11. The van der Waals surface area contributed by atoms with E-state index in [9.17, 15) is 29.7 Å². The van der Waals surface area contributed by atoms with E-state index in [0.29, 0.717) is 63.4 Å². The zero-order valence-electron chi connectivity index (χ0n) is 34.6. The fourth-order valence-electron chi connectivity index (χ4n) is 9.16. The Hall–Kier alpha value is -2.45. The highest BCUT2D eigenvalue weighted by atomic mass is 16.7. The second kappa shape index (κ2) is 20.3. The van der Waals surface area contributed by atoms with E-state index in [4.69, 9.17) is 23.7 Å². The molecule has 1 saturated carbocycles. The molecule has 1 saturated heterocycles. The Kier molecular flexibility index (Phi) is 16.7. The Morgan fingerprint density at radius 3 is 2.27 bits per heavy atom. The van der Waals surface area contributed by atoms with Crippen LogP contribution < -0.4 is 0 Å². The van der Waals surface area contributed by atoms with Crippen molar-refractivity contribution in [2.24, 2.45) is 29.6 Å². The van der Waals surface area contributed by atoms with Crippen molar-refractivity contribution in [1.82, 2.24) is 4.90 Å². The quantitative estimate of drug-likeness (QED) is 0.234. The highest BCUT2D eigenvalue weighted by Gasteiger charge is 2.51. The van der Waals surface area contributed by atoms with Gasteiger partial charge in [0.05, 0.1) is 36.9 Å². The van der Waals surface area contributed by atoms with E-state index >= 15 is 0 Å². The number of fused-ring (bicyclic) bond motifs is 3. The molecule has 1 aliphatic carbocycles. The van der Waals surface area contributed by atoms with Crippen molar-refractivity contribution in [3.05, 3.63) is 35.6 Å². The van der Waals surface area contributed by atoms with Crippen LogP contribution in [-0.4, -0.2) is 114 Å². The summed E-state index contributed by atoms with van der Waals surface area (Å²) in [5, 5.41) is 34.1. The largest absolute Gasteiger partial charge is 0.456 e. The number of carbonyl (C=O) groups is 3. The second-order valence-corrected chi connectivity index (χ2v) is 16.9. The van der Waals surface area contributed by atoms with Gasteiger partial charge >= 0.3 is 5.97 Å². The molecule has 0 radical (unpaired) electrons. The van der Waals surface area contributed by atoms with Gasteiger partial charge in [-0.25, -0.2) is 4.79 Å². The number of rotatable bonds is 6. The van der Waals surface area contributed by atoms with Gasteiger partial charge in [-0.15, -0.1) is 0 Å². The molecule has 4 rings (SSSR count). The number of hydrogen-bond donors (Lipinski definition) is 3. The van der Waals surface area contributed by atoms with Crippen molar-refractivity contribution < 1.29 is 53.4 Å². The number of nitrogens with zero attached hydrogens (tertiary/aromatic N) is 1. The number of ether oxygens (including phenoxy) is 5. The van der Waals surface area contributed by atoms with E-state index in [2.05, 4.69) is 6.92 Å². The van der Waals surface area contributed by atoms with Crippen molar-refractivity contribution in [3.8, 4) is 0 Å². The van der Waals surface area contributed by atoms with Gasteiger partial charge in [-0.05, 0) is 89.0 Å². The highest BCUT2D eigenvalue weighted by Crippen LogP contribution is 2.40. The van der Waals surface area contributed by atoms with Gasteiger partial charge in [0.25, 0.3) is 0 Å². The summed E-state index contributed by atoms with van der Waals surface area (Å²) in [4.78, 5) is 43.5. The van der Waals surface area contributed by atoms with Crippen LogP contribution in [0.1, 0.15) is 112 Å². The Morgan fingerprint density at radius 1 is 0.945 bits per heavy atom. The van der Waals surface area contributed by atoms with E-state index in [1.165, 1.54) is 4.90 Å². The van der Waals surface area contributed by atoms with Crippen molar-refractivity contribution in [3.63, 3.8) is 0 Å². The van der Waals surface area contributed by atoms with Crippen LogP contribution in [0.2, 0.25) is 0 Å². The molecule has 0 spiro atoms. The van der Waals surface area contributed by atoms with Gasteiger partial charge in [0.1, 0.15) is 24.0 Å². The van der Waals surface area contributed by atoms with Crippen LogP contribution in [0.25, 0.3) is 0 Å². The number of Topliss-reactive ketones (excluding diaryl/α,β-unsaturated/α-hetero) is 1. The lowest BCUT2D eigenvalue weighted by atomic mass is 9.81. The zero-order valence-corrected chi connectivity index (χ0v) is 34.6. The lowest BCUT2D eigenvalue weighted by Crippen LogP contribution is -2.59. The average Bonchev–Trinajstić information content (AvgIpc) is 3.15. The summed E-state index contributed by atoms with van der Waals surface area (Å²) < 4.78 is 30.1. The van der Waals surface area contributed by atoms with E-state index < -0.39 is 78.4 Å². The number of aliphatic hydroxyl groups excluding tert-OH is 2. The summed E-state index contributed by atoms with van der Waals surface area (Å²) in [6.45, 7) is 11.5. The second-order valence-electron chi connectivity index (χ2n) is 16.9. The Balaban J connectivity index is 1.74. The van der Waals surface area contributed by atoms with Gasteiger partial charge in [0.15, 0.2) is 5.79 Å². The first-order valence-corrected chi connectivity index (χ1v) is 20.5. The number of hydrogen-bond acceptors (Lipinski definition) is 11. The van der Waals surface area contributed by atoms with E-state index in [0.717, 1.165) is 5.57 Å². The van der Waals surface area contributed by atoms with Gasteiger partial charge in [-0.1, -0.05) is 51.5 Å². The molecule has 2 fully saturated rings. The molecule has 12 nitrogen and oxygen atoms in total.